The number of fused-ring (bicyclic) bond motifs is 1. The van der Waals surface area contributed by atoms with Crippen LogP contribution >= 0.6 is 0 Å². The van der Waals surface area contributed by atoms with Crippen molar-refractivity contribution >= 4 is 21.6 Å². The average molecular weight is 461 g/mol. The van der Waals surface area contributed by atoms with Crippen molar-refractivity contribution in [3.63, 3.8) is 0 Å². The molecule has 32 heavy (non-hydrogen) atoms. The van der Waals surface area contributed by atoms with Gasteiger partial charge in [-0.05, 0) is 68.4 Å². The van der Waals surface area contributed by atoms with Gasteiger partial charge in [0.25, 0.3) is 0 Å². The molecule has 1 N–H and O–H groups in total. The van der Waals surface area contributed by atoms with Crippen molar-refractivity contribution in [3.8, 4) is 11.5 Å². The number of methoxy groups -OCH3 is 2. The standard InChI is InChI=1S/C24H32N2O5S/c1-16(19-11-10-18-8-6-7-9-20(18)14-19)25-24(27)17(2)26(32(5,28)29)22-15-21(30-3)12-13-23(22)31-4/h10-17H,6-9H2,1-5H3,(H,25,27)/t16-,17-/m0/s1. The predicted molar refractivity (Wildman–Crippen MR) is 126 cm³/mol. The fraction of sp³-hybridized carbons (Fsp3) is 0.458. The van der Waals surface area contributed by atoms with E-state index < -0.39 is 22.0 Å². The highest BCUT2D eigenvalue weighted by molar-refractivity contribution is 7.92. The summed E-state index contributed by atoms with van der Waals surface area (Å²) in [6, 6.07) is 9.93. The van der Waals surface area contributed by atoms with Crippen molar-refractivity contribution in [2.45, 2.75) is 51.6 Å². The maximum Gasteiger partial charge on any atom is 0.244 e. The maximum atomic E-state index is 13.1. The third kappa shape index (κ3) is 5.18. The van der Waals surface area contributed by atoms with Gasteiger partial charge in [0.15, 0.2) is 0 Å². The number of nitrogens with one attached hydrogen (secondary N) is 1. The van der Waals surface area contributed by atoms with Gasteiger partial charge < -0.3 is 14.8 Å². The summed E-state index contributed by atoms with van der Waals surface area (Å²) in [5, 5.41) is 2.97. The van der Waals surface area contributed by atoms with Crippen LogP contribution in [0, 0.1) is 0 Å². The largest absolute Gasteiger partial charge is 0.497 e. The molecule has 8 heteroatoms. The molecule has 0 fully saturated rings. The molecule has 1 aliphatic carbocycles. The zero-order valence-corrected chi connectivity index (χ0v) is 20.2. The van der Waals surface area contributed by atoms with Gasteiger partial charge in [-0.15, -0.1) is 0 Å². The Labute approximate surface area is 190 Å². The minimum absolute atomic E-state index is 0.249. The van der Waals surface area contributed by atoms with Crippen molar-refractivity contribution < 1.29 is 22.7 Å². The molecule has 0 aliphatic heterocycles. The Kier molecular flexibility index (Phi) is 7.33. The molecule has 0 aromatic heterocycles. The highest BCUT2D eigenvalue weighted by atomic mass is 32.2. The molecule has 0 radical (unpaired) electrons. The molecule has 0 saturated heterocycles. The van der Waals surface area contributed by atoms with E-state index in [1.54, 1.807) is 25.1 Å². The fourth-order valence-electron chi connectivity index (χ4n) is 4.19. The minimum Gasteiger partial charge on any atom is -0.497 e. The SMILES string of the molecule is COc1ccc(OC)c(N([C@@H](C)C(=O)N[C@@H](C)c2ccc3c(c2)CCCC3)S(C)(=O)=O)c1. The topological polar surface area (TPSA) is 84.9 Å². The Morgan fingerprint density at radius 1 is 1.00 bits per heavy atom. The number of rotatable bonds is 8. The van der Waals surface area contributed by atoms with E-state index in [-0.39, 0.29) is 11.7 Å². The average Bonchev–Trinajstić information content (AvgIpc) is 2.77. The van der Waals surface area contributed by atoms with Gasteiger partial charge in [0.2, 0.25) is 15.9 Å². The van der Waals surface area contributed by atoms with Gasteiger partial charge in [-0.25, -0.2) is 8.42 Å². The molecule has 0 unspecified atom stereocenters. The predicted octanol–water partition coefficient (Wildman–Crippen LogP) is 3.61. The first-order valence-corrected chi connectivity index (χ1v) is 12.6. The summed E-state index contributed by atoms with van der Waals surface area (Å²) in [6.07, 6.45) is 5.62. The lowest BCUT2D eigenvalue weighted by molar-refractivity contribution is -0.122. The number of ether oxygens (including phenoxy) is 2. The number of carbonyl (C=O) groups excluding carboxylic acids is 1. The minimum atomic E-state index is -3.80. The normalized spacial score (nSPS) is 15.3. The van der Waals surface area contributed by atoms with E-state index >= 15 is 0 Å². The van der Waals surface area contributed by atoms with Gasteiger partial charge in [-0.3, -0.25) is 9.10 Å². The molecule has 2 aromatic carbocycles. The summed E-state index contributed by atoms with van der Waals surface area (Å²) in [6.45, 7) is 3.47. The summed E-state index contributed by atoms with van der Waals surface area (Å²) in [5.41, 5.74) is 3.97. The van der Waals surface area contributed by atoms with Gasteiger partial charge in [0, 0.05) is 6.07 Å². The number of hydrogen-bond acceptors (Lipinski definition) is 5. The van der Waals surface area contributed by atoms with Crippen molar-refractivity contribution in [1.29, 1.82) is 0 Å². The summed E-state index contributed by atoms with van der Waals surface area (Å²) >= 11 is 0. The number of carbonyl (C=O) groups is 1. The Bertz CT molecular complexity index is 1080. The van der Waals surface area contributed by atoms with Gasteiger partial charge in [-0.2, -0.15) is 0 Å². The monoisotopic (exact) mass is 460 g/mol. The highest BCUT2D eigenvalue weighted by Crippen LogP contribution is 2.35. The second-order valence-electron chi connectivity index (χ2n) is 8.24. The number of anilines is 1. The molecule has 1 amide bonds. The van der Waals surface area contributed by atoms with Crippen molar-refractivity contribution in [3.05, 3.63) is 53.1 Å². The lowest BCUT2D eigenvalue weighted by Gasteiger charge is -2.30. The molecule has 0 spiro atoms. The lowest BCUT2D eigenvalue weighted by Crippen LogP contribution is -2.48. The molecule has 0 saturated carbocycles. The molecule has 2 aromatic rings. The van der Waals surface area contributed by atoms with E-state index in [0.29, 0.717) is 11.5 Å². The van der Waals surface area contributed by atoms with Gasteiger partial charge in [0.1, 0.15) is 17.5 Å². The van der Waals surface area contributed by atoms with E-state index in [1.807, 2.05) is 13.0 Å². The Balaban J connectivity index is 1.86. The first-order valence-electron chi connectivity index (χ1n) is 10.8. The third-order valence-corrected chi connectivity index (χ3v) is 7.17. The smallest absolute Gasteiger partial charge is 0.244 e. The molecular formula is C24H32N2O5S. The number of hydrogen-bond donors (Lipinski definition) is 1. The van der Waals surface area contributed by atoms with Crippen LogP contribution in [0.25, 0.3) is 0 Å². The number of aryl methyl sites for hydroxylation is 2. The van der Waals surface area contributed by atoms with Gasteiger partial charge in [-0.1, -0.05) is 18.2 Å². The van der Waals surface area contributed by atoms with E-state index in [9.17, 15) is 13.2 Å². The van der Waals surface area contributed by atoms with Crippen LogP contribution < -0.4 is 19.1 Å². The molecule has 0 heterocycles. The van der Waals surface area contributed by atoms with Crippen molar-refractivity contribution in [2.75, 3.05) is 24.8 Å². The second kappa shape index (κ2) is 9.81. The molecule has 7 nitrogen and oxygen atoms in total. The third-order valence-electron chi connectivity index (χ3n) is 5.94. The quantitative estimate of drug-likeness (QED) is 0.650. The zero-order valence-electron chi connectivity index (χ0n) is 19.3. The van der Waals surface area contributed by atoms with Crippen LogP contribution in [-0.4, -0.2) is 40.8 Å². The van der Waals surface area contributed by atoms with Crippen LogP contribution in [0.2, 0.25) is 0 Å². The van der Waals surface area contributed by atoms with E-state index in [2.05, 4.69) is 17.4 Å². The molecule has 1 aliphatic rings. The first kappa shape index (κ1) is 23.9. The zero-order chi connectivity index (χ0) is 23.5. The Morgan fingerprint density at radius 3 is 2.31 bits per heavy atom. The van der Waals surface area contributed by atoms with Crippen LogP contribution in [0.3, 0.4) is 0 Å². The molecule has 0 bridgehead atoms. The van der Waals surface area contributed by atoms with Crippen LogP contribution in [-0.2, 0) is 27.7 Å². The van der Waals surface area contributed by atoms with Crippen LogP contribution in [0.1, 0.15) is 49.4 Å². The number of benzene rings is 2. The van der Waals surface area contributed by atoms with Crippen molar-refractivity contribution in [2.24, 2.45) is 0 Å². The first-order chi connectivity index (χ1) is 15.2. The number of nitrogens with zero attached hydrogens (tertiary/aromatic N) is 1. The van der Waals surface area contributed by atoms with Crippen LogP contribution in [0.15, 0.2) is 36.4 Å². The summed E-state index contributed by atoms with van der Waals surface area (Å²) < 4.78 is 37.1. The Hall–Kier alpha value is -2.74. The lowest BCUT2D eigenvalue weighted by atomic mass is 9.89. The Morgan fingerprint density at radius 2 is 1.69 bits per heavy atom. The summed E-state index contributed by atoms with van der Waals surface area (Å²) in [5.74, 6) is 0.397. The molecule has 3 rings (SSSR count). The van der Waals surface area contributed by atoms with Gasteiger partial charge in [0.05, 0.1) is 32.2 Å². The van der Waals surface area contributed by atoms with Crippen LogP contribution in [0.5, 0.6) is 11.5 Å². The van der Waals surface area contributed by atoms with Gasteiger partial charge >= 0.3 is 0 Å². The highest BCUT2D eigenvalue weighted by Gasteiger charge is 2.32. The number of sulfonamides is 1. The summed E-state index contributed by atoms with van der Waals surface area (Å²) in [7, 11) is -0.849. The van der Waals surface area contributed by atoms with E-state index in [0.717, 1.165) is 29.0 Å². The van der Waals surface area contributed by atoms with Crippen LogP contribution in [0.4, 0.5) is 5.69 Å². The molecular weight excluding hydrogens is 428 g/mol. The maximum absolute atomic E-state index is 13.1. The van der Waals surface area contributed by atoms with E-state index in [1.165, 1.54) is 38.2 Å². The second-order valence-corrected chi connectivity index (χ2v) is 10.1. The number of amides is 1. The van der Waals surface area contributed by atoms with E-state index in [4.69, 9.17) is 9.47 Å². The summed E-state index contributed by atoms with van der Waals surface area (Å²) in [4.78, 5) is 13.1. The van der Waals surface area contributed by atoms with Crippen molar-refractivity contribution in [1.82, 2.24) is 5.32 Å². The molecule has 174 valence electrons. The molecule has 2 atom stereocenters. The fourth-order valence-corrected chi connectivity index (χ4v) is 5.36.